The number of rotatable bonds is 4. The van der Waals surface area contributed by atoms with Crippen LogP contribution in [0.4, 0.5) is 0 Å². The molecule has 0 atom stereocenters. The molecule has 1 aliphatic carbocycles. The van der Waals surface area contributed by atoms with Crippen molar-refractivity contribution in [3.63, 3.8) is 0 Å². The molecule has 0 radical (unpaired) electrons. The lowest BCUT2D eigenvalue weighted by molar-refractivity contribution is -0.00635. The van der Waals surface area contributed by atoms with Gasteiger partial charge >= 0.3 is 0 Å². The van der Waals surface area contributed by atoms with Gasteiger partial charge in [-0.2, -0.15) is 0 Å². The molecule has 17 heavy (non-hydrogen) atoms. The lowest BCUT2D eigenvalue weighted by Crippen LogP contribution is -2.43. The lowest BCUT2D eigenvalue weighted by atomic mass is 9.79. The molecule has 0 amide bonds. The molecule has 2 rings (SSSR count). The second-order valence-electron chi connectivity index (χ2n) is 5.39. The minimum Gasteiger partial charge on any atom is -0.389 e. The Bertz CT molecular complexity index is 355. The van der Waals surface area contributed by atoms with Gasteiger partial charge in [0.1, 0.15) is 0 Å². The molecule has 0 aromatic carbocycles. The van der Waals surface area contributed by atoms with E-state index in [1.54, 1.807) is 4.68 Å². The first kappa shape index (κ1) is 12.5. The molecule has 0 saturated heterocycles. The Labute approximate surface area is 102 Å². The first-order valence-electron chi connectivity index (χ1n) is 6.36. The van der Waals surface area contributed by atoms with Crippen LogP contribution in [0, 0.1) is 5.92 Å². The van der Waals surface area contributed by atoms with E-state index in [1.165, 1.54) is 0 Å². The molecule has 1 heterocycles. The van der Waals surface area contributed by atoms with Gasteiger partial charge in [0.15, 0.2) is 0 Å². The van der Waals surface area contributed by atoms with Crippen LogP contribution in [0.5, 0.6) is 0 Å². The van der Waals surface area contributed by atoms with Crippen molar-refractivity contribution >= 4 is 0 Å². The van der Waals surface area contributed by atoms with Crippen LogP contribution in [-0.4, -0.2) is 32.2 Å². The maximum atomic E-state index is 10.4. The van der Waals surface area contributed by atoms with Gasteiger partial charge in [-0.25, -0.2) is 0 Å². The van der Waals surface area contributed by atoms with Crippen molar-refractivity contribution in [2.24, 2.45) is 13.0 Å². The fourth-order valence-corrected chi connectivity index (χ4v) is 2.38. The zero-order valence-corrected chi connectivity index (χ0v) is 10.7. The van der Waals surface area contributed by atoms with Crippen molar-refractivity contribution < 1.29 is 5.11 Å². The van der Waals surface area contributed by atoms with E-state index in [0.717, 1.165) is 37.3 Å². The molecule has 2 N–H and O–H groups in total. The molecule has 1 aromatic rings. The summed E-state index contributed by atoms with van der Waals surface area (Å²) < 4.78 is 1.69. The Kier molecular flexibility index (Phi) is 3.79. The minimum atomic E-state index is -0.519. The number of hydrogen-bond acceptors (Lipinski definition) is 4. The SMILES string of the molecule is CC1CCC(O)(CNCc2cn(C)nn2)CC1. The molecular formula is C12H22N4O. The zero-order chi connectivity index (χ0) is 12.3. The van der Waals surface area contributed by atoms with Gasteiger partial charge in [-0.05, 0) is 31.6 Å². The summed E-state index contributed by atoms with van der Waals surface area (Å²) in [4.78, 5) is 0. The largest absolute Gasteiger partial charge is 0.389 e. The van der Waals surface area contributed by atoms with Gasteiger partial charge in [-0.1, -0.05) is 12.1 Å². The molecule has 0 spiro atoms. The molecule has 1 aromatic heterocycles. The van der Waals surface area contributed by atoms with E-state index in [4.69, 9.17) is 0 Å². The van der Waals surface area contributed by atoms with E-state index >= 15 is 0 Å². The molecule has 1 saturated carbocycles. The summed E-state index contributed by atoms with van der Waals surface area (Å²) in [6.45, 7) is 3.58. The topological polar surface area (TPSA) is 63.0 Å². The van der Waals surface area contributed by atoms with Crippen LogP contribution in [-0.2, 0) is 13.6 Å². The summed E-state index contributed by atoms with van der Waals surface area (Å²) in [5, 5.41) is 21.5. The lowest BCUT2D eigenvalue weighted by Gasteiger charge is -2.35. The number of aryl methyl sites for hydroxylation is 1. The van der Waals surface area contributed by atoms with Crippen LogP contribution in [0.1, 0.15) is 38.3 Å². The summed E-state index contributed by atoms with van der Waals surface area (Å²) in [5.41, 5.74) is 0.398. The van der Waals surface area contributed by atoms with E-state index in [2.05, 4.69) is 22.6 Å². The fourth-order valence-electron chi connectivity index (χ4n) is 2.38. The summed E-state index contributed by atoms with van der Waals surface area (Å²) in [5.74, 6) is 0.760. The Morgan fingerprint density at radius 2 is 2.24 bits per heavy atom. The molecule has 0 unspecified atom stereocenters. The van der Waals surface area contributed by atoms with Crippen molar-refractivity contribution in [2.45, 2.75) is 44.8 Å². The van der Waals surface area contributed by atoms with Crippen molar-refractivity contribution in [3.05, 3.63) is 11.9 Å². The van der Waals surface area contributed by atoms with Gasteiger partial charge in [0.05, 0.1) is 11.3 Å². The monoisotopic (exact) mass is 238 g/mol. The average Bonchev–Trinajstić information content (AvgIpc) is 2.69. The third kappa shape index (κ3) is 3.51. The number of nitrogens with one attached hydrogen (secondary N) is 1. The molecule has 1 aliphatic rings. The fraction of sp³-hybridized carbons (Fsp3) is 0.833. The summed E-state index contributed by atoms with van der Waals surface area (Å²) >= 11 is 0. The van der Waals surface area contributed by atoms with Crippen molar-refractivity contribution in [3.8, 4) is 0 Å². The van der Waals surface area contributed by atoms with Gasteiger partial charge in [-0.15, -0.1) is 5.10 Å². The minimum absolute atomic E-state index is 0.519. The Morgan fingerprint density at radius 1 is 1.53 bits per heavy atom. The maximum Gasteiger partial charge on any atom is 0.0964 e. The number of aromatic nitrogens is 3. The number of aliphatic hydroxyl groups is 1. The van der Waals surface area contributed by atoms with Crippen molar-refractivity contribution in [2.75, 3.05) is 6.54 Å². The van der Waals surface area contributed by atoms with Gasteiger partial charge < -0.3 is 10.4 Å². The molecule has 1 fully saturated rings. The zero-order valence-electron chi connectivity index (χ0n) is 10.7. The van der Waals surface area contributed by atoms with Crippen LogP contribution in [0.15, 0.2) is 6.20 Å². The first-order valence-corrected chi connectivity index (χ1v) is 6.36. The summed E-state index contributed by atoms with van der Waals surface area (Å²) in [6.07, 6.45) is 5.95. The van der Waals surface area contributed by atoms with Crippen molar-refractivity contribution in [1.82, 2.24) is 20.3 Å². The third-order valence-electron chi connectivity index (χ3n) is 3.62. The quantitative estimate of drug-likeness (QED) is 0.816. The predicted molar refractivity (Wildman–Crippen MR) is 65.3 cm³/mol. The smallest absolute Gasteiger partial charge is 0.0964 e. The second-order valence-corrected chi connectivity index (χ2v) is 5.39. The molecule has 5 heteroatoms. The number of nitrogens with zero attached hydrogens (tertiary/aromatic N) is 3. The Morgan fingerprint density at radius 3 is 2.82 bits per heavy atom. The second kappa shape index (κ2) is 5.14. The molecule has 0 bridgehead atoms. The van der Waals surface area contributed by atoms with E-state index < -0.39 is 5.60 Å². The van der Waals surface area contributed by atoms with Crippen LogP contribution < -0.4 is 5.32 Å². The molecule has 5 nitrogen and oxygen atoms in total. The summed E-state index contributed by atoms with van der Waals surface area (Å²) in [7, 11) is 1.85. The number of hydrogen-bond donors (Lipinski definition) is 2. The van der Waals surface area contributed by atoms with Gasteiger partial charge in [-0.3, -0.25) is 4.68 Å². The van der Waals surface area contributed by atoms with E-state index in [1.807, 2.05) is 13.2 Å². The average molecular weight is 238 g/mol. The highest BCUT2D eigenvalue weighted by Crippen LogP contribution is 2.31. The molecular weight excluding hydrogens is 216 g/mol. The Hall–Kier alpha value is -0.940. The van der Waals surface area contributed by atoms with Crippen LogP contribution in [0.25, 0.3) is 0 Å². The highest BCUT2D eigenvalue weighted by molar-refractivity contribution is 4.93. The van der Waals surface area contributed by atoms with Crippen LogP contribution in [0.2, 0.25) is 0 Å². The first-order chi connectivity index (χ1) is 8.07. The van der Waals surface area contributed by atoms with Gasteiger partial charge in [0.25, 0.3) is 0 Å². The molecule has 96 valence electrons. The maximum absolute atomic E-state index is 10.4. The Balaban J connectivity index is 1.74. The predicted octanol–water partition coefficient (Wildman–Crippen LogP) is 0.846. The van der Waals surface area contributed by atoms with E-state index in [9.17, 15) is 5.11 Å². The standard InChI is InChI=1S/C12H22N4O/c1-10-3-5-12(17,6-4-10)9-13-7-11-8-16(2)15-14-11/h8,10,13,17H,3-7,9H2,1-2H3. The molecule has 0 aliphatic heterocycles. The van der Waals surface area contributed by atoms with Gasteiger partial charge in [0.2, 0.25) is 0 Å². The van der Waals surface area contributed by atoms with E-state index in [-0.39, 0.29) is 0 Å². The third-order valence-corrected chi connectivity index (χ3v) is 3.62. The normalized spacial score (nSPS) is 29.5. The highest BCUT2D eigenvalue weighted by atomic mass is 16.3. The van der Waals surface area contributed by atoms with Crippen LogP contribution >= 0.6 is 0 Å². The highest BCUT2D eigenvalue weighted by Gasteiger charge is 2.31. The van der Waals surface area contributed by atoms with Gasteiger partial charge in [0, 0.05) is 26.3 Å². The van der Waals surface area contributed by atoms with Crippen LogP contribution in [0.3, 0.4) is 0 Å². The van der Waals surface area contributed by atoms with E-state index in [0.29, 0.717) is 13.1 Å². The van der Waals surface area contributed by atoms with Crippen molar-refractivity contribution in [1.29, 1.82) is 0 Å². The summed E-state index contributed by atoms with van der Waals surface area (Å²) in [6, 6.07) is 0.